The van der Waals surface area contributed by atoms with Crippen LogP contribution in [0.5, 0.6) is 0 Å². The lowest BCUT2D eigenvalue weighted by Crippen LogP contribution is -2.12. The van der Waals surface area contributed by atoms with E-state index in [1.54, 1.807) is 0 Å². The maximum atomic E-state index is 5.69. The third-order valence-electron chi connectivity index (χ3n) is 2.41. The average Bonchev–Trinajstić information content (AvgIpc) is 2.61. The number of nitrogens with zero attached hydrogens (tertiary/aromatic N) is 3. The van der Waals surface area contributed by atoms with Crippen LogP contribution >= 0.6 is 0 Å². The van der Waals surface area contributed by atoms with Gasteiger partial charge in [0, 0.05) is 24.8 Å². The van der Waals surface area contributed by atoms with Crippen LogP contribution in [0.1, 0.15) is 11.1 Å². The van der Waals surface area contributed by atoms with Crippen molar-refractivity contribution in [3.63, 3.8) is 0 Å². The first-order chi connectivity index (χ1) is 7.22. The molecule has 2 heterocycles. The second kappa shape index (κ2) is 4.00. The zero-order valence-corrected chi connectivity index (χ0v) is 9.14. The van der Waals surface area contributed by atoms with Crippen LogP contribution in [0.4, 0.5) is 0 Å². The number of hydrogen-bond donors (Lipinski definition) is 1. The number of fused-ring (bicyclic) bond motifs is 1. The van der Waals surface area contributed by atoms with Crippen molar-refractivity contribution in [3.8, 4) is 0 Å². The van der Waals surface area contributed by atoms with E-state index in [1.165, 1.54) is 5.56 Å². The fraction of sp³-hybridized carbons (Fsp3) is 0.364. The molecule has 0 radical (unpaired) electrons. The predicted molar refractivity (Wildman–Crippen MR) is 60.5 cm³/mol. The zero-order valence-electron chi connectivity index (χ0n) is 9.14. The van der Waals surface area contributed by atoms with Gasteiger partial charge in [-0.25, -0.2) is 4.52 Å². The SMILES string of the molecule is CN(C)Cc1cccn2ncc(CN)c12. The molecule has 2 N–H and O–H groups in total. The van der Waals surface area contributed by atoms with E-state index in [-0.39, 0.29) is 0 Å². The molecule has 0 amide bonds. The van der Waals surface area contributed by atoms with Crippen LogP contribution < -0.4 is 5.73 Å². The minimum atomic E-state index is 0.536. The zero-order chi connectivity index (χ0) is 10.8. The number of nitrogens with two attached hydrogens (primary N) is 1. The molecular weight excluding hydrogens is 188 g/mol. The Balaban J connectivity index is 2.56. The van der Waals surface area contributed by atoms with Crippen LogP contribution in [0.25, 0.3) is 5.52 Å². The highest BCUT2D eigenvalue weighted by Crippen LogP contribution is 2.16. The summed E-state index contributed by atoms with van der Waals surface area (Å²) >= 11 is 0. The van der Waals surface area contributed by atoms with Crippen LogP contribution in [-0.4, -0.2) is 28.6 Å². The first kappa shape index (κ1) is 10.1. The third kappa shape index (κ3) is 1.86. The molecule has 0 bridgehead atoms. The van der Waals surface area contributed by atoms with Crippen LogP contribution in [0.15, 0.2) is 24.5 Å². The van der Waals surface area contributed by atoms with Gasteiger partial charge in [-0.1, -0.05) is 6.07 Å². The predicted octanol–water partition coefficient (Wildman–Crippen LogP) is 0.855. The summed E-state index contributed by atoms with van der Waals surface area (Å²) in [6.45, 7) is 1.44. The first-order valence-electron chi connectivity index (χ1n) is 5.01. The molecule has 4 nitrogen and oxygen atoms in total. The third-order valence-corrected chi connectivity index (χ3v) is 2.41. The molecule has 0 unspecified atom stereocenters. The van der Waals surface area contributed by atoms with Gasteiger partial charge in [0.25, 0.3) is 0 Å². The van der Waals surface area contributed by atoms with Gasteiger partial charge in [0.15, 0.2) is 0 Å². The first-order valence-corrected chi connectivity index (χ1v) is 5.01. The number of pyridine rings is 1. The van der Waals surface area contributed by atoms with Crippen molar-refractivity contribution in [1.82, 2.24) is 14.5 Å². The summed E-state index contributed by atoms with van der Waals surface area (Å²) in [5.74, 6) is 0. The molecule has 0 aromatic carbocycles. The molecule has 2 rings (SSSR count). The van der Waals surface area contributed by atoms with Crippen LogP contribution in [0, 0.1) is 0 Å². The molecule has 2 aromatic heterocycles. The lowest BCUT2D eigenvalue weighted by molar-refractivity contribution is 0.403. The summed E-state index contributed by atoms with van der Waals surface area (Å²) in [5.41, 5.74) is 9.21. The molecule has 4 heteroatoms. The van der Waals surface area contributed by atoms with Gasteiger partial charge in [0.05, 0.1) is 11.7 Å². The maximum Gasteiger partial charge on any atom is 0.0751 e. The smallest absolute Gasteiger partial charge is 0.0751 e. The Morgan fingerprint density at radius 2 is 2.20 bits per heavy atom. The lowest BCUT2D eigenvalue weighted by atomic mass is 10.1. The standard InChI is InChI=1S/C11H16N4/c1-14(2)8-9-4-3-5-15-11(9)10(6-12)7-13-15/h3-5,7H,6,8,12H2,1-2H3. The van der Waals surface area contributed by atoms with Crippen molar-refractivity contribution < 1.29 is 0 Å². The molecule has 2 aromatic rings. The van der Waals surface area contributed by atoms with E-state index in [0.29, 0.717) is 6.54 Å². The van der Waals surface area contributed by atoms with Crippen molar-refractivity contribution >= 4 is 5.52 Å². The van der Waals surface area contributed by atoms with Gasteiger partial charge in [-0.05, 0) is 25.7 Å². The molecule has 15 heavy (non-hydrogen) atoms. The Labute approximate surface area is 89.3 Å². The normalized spacial score (nSPS) is 11.5. The van der Waals surface area contributed by atoms with Crippen LogP contribution in [0.2, 0.25) is 0 Å². The summed E-state index contributed by atoms with van der Waals surface area (Å²) < 4.78 is 1.89. The van der Waals surface area contributed by atoms with Crippen molar-refractivity contribution in [1.29, 1.82) is 0 Å². The minimum absolute atomic E-state index is 0.536. The molecule has 0 atom stereocenters. The Morgan fingerprint density at radius 3 is 2.87 bits per heavy atom. The minimum Gasteiger partial charge on any atom is -0.326 e. The van der Waals surface area contributed by atoms with E-state index in [1.807, 2.05) is 23.0 Å². The molecule has 80 valence electrons. The van der Waals surface area contributed by atoms with E-state index in [4.69, 9.17) is 5.73 Å². The van der Waals surface area contributed by atoms with Crippen molar-refractivity contribution in [2.45, 2.75) is 13.1 Å². The second-order valence-electron chi connectivity index (χ2n) is 3.94. The fourth-order valence-corrected chi connectivity index (χ4v) is 1.80. The van der Waals surface area contributed by atoms with Gasteiger partial charge in [-0.15, -0.1) is 0 Å². The topological polar surface area (TPSA) is 46.6 Å². The molecule has 0 fully saturated rings. The van der Waals surface area contributed by atoms with E-state index in [9.17, 15) is 0 Å². The van der Waals surface area contributed by atoms with Crippen LogP contribution in [-0.2, 0) is 13.1 Å². The Bertz CT molecular complexity index is 459. The molecule has 0 saturated heterocycles. The van der Waals surface area contributed by atoms with Crippen LogP contribution in [0.3, 0.4) is 0 Å². The Hall–Kier alpha value is -1.39. The van der Waals surface area contributed by atoms with Crippen molar-refractivity contribution in [2.75, 3.05) is 14.1 Å². The maximum absolute atomic E-state index is 5.69. The van der Waals surface area contributed by atoms with E-state index < -0.39 is 0 Å². The monoisotopic (exact) mass is 204 g/mol. The van der Waals surface area contributed by atoms with Gasteiger partial charge in [0.1, 0.15) is 0 Å². The van der Waals surface area contributed by atoms with Gasteiger partial charge in [-0.2, -0.15) is 5.10 Å². The summed E-state index contributed by atoms with van der Waals surface area (Å²) in [7, 11) is 4.12. The molecule has 0 aliphatic carbocycles. The van der Waals surface area contributed by atoms with E-state index in [0.717, 1.165) is 17.6 Å². The second-order valence-corrected chi connectivity index (χ2v) is 3.94. The lowest BCUT2D eigenvalue weighted by Gasteiger charge is -2.11. The highest BCUT2D eigenvalue weighted by Gasteiger charge is 2.07. The molecule has 0 saturated carbocycles. The van der Waals surface area contributed by atoms with E-state index >= 15 is 0 Å². The van der Waals surface area contributed by atoms with E-state index in [2.05, 4.69) is 30.2 Å². The van der Waals surface area contributed by atoms with Crippen molar-refractivity contribution in [3.05, 3.63) is 35.7 Å². The summed E-state index contributed by atoms with van der Waals surface area (Å²) in [6, 6.07) is 4.13. The van der Waals surface area contributed by atoms with Gasteiger partial charge >= 0.3 is 0 Å². The van der Waals surface area contributed by atoms with Crippen molar-refractivity contribution in [2.24, 2.45) is 5.73 Å². The summed E-state index contributed by atoms with van der Waals surface area (Å²) in [5, 5.41) is 4.28. The largest absolute Gasteiger partial charge is 0.326 e. The number of rotatable bonds is 3. The molecule has 0 spiro atoms. The number of hydrogen-bond acceptors (Lipinski definition) is 3. The summed E-state index contributed by atoms with van der Waals surface area (Å²) in [6.07, 6.45) is 3.79. The summed E-state index contributed by atoms with van der Waals surface area (Å²) in [4.78, 5) is 2.14. The molecule has 0 aliphatic rings. The highest BCUT2D eigenvalue weighted by atomic mass is 15.2. The quantitative estimate of drug-likeness (QED) is 0.806. The number of aromatic nitrogens is 2. The Morgan fingerprint density at radius 1 is 1.40 bits per heavy atom. The highest BCUT2D eigenvalue weighted by molar-refractivity contribution is 5.60. The van der Waals surface area contributed by atoms with Gasteiger partial charge in [0.2, 0.25) is 0 Å². The van der Waals surface area contributed by atoms with Gasteiger partial charge < -0.3 is 10.6 Å². The van der Waals surface area contributed by atoms with Gasteiger partial charge in [-0.3, -0.25) is 0 Å². The molecular formula is C11H16N4. The molecule has 0 aliphatic heterocycles. The average molecular weight is 204 g/mol. The fourth-order valence-electron chi connectivity index (χ4n) is 1.80. The Kier molecular flexibility index (Phi) is 2.70.